The van der Waals surface area contributed by atoms with Crippen LogP contribution in [0, 0.1) is 11.7 Å². The highest BCUT2D eigenvalue weighted by molar-refractivity contribution is 5.79. The molecule has 1 unspecified atom stereocenters. The van der Waals surface area contributed by atoms with Crippen molar-refractivity contribution in [3.63, 3.8) is 0 Å². The first-order valence-corrected chi connectivity index (χ1v) is 7.91. The molecule has 0 aliphatic carbocycles. The van der Waals surface area contributed by atoms with Crippen LogP contribution < -0.4 is 10.6 Å². The molecule has 120 valence electrons. The van der Waals surface area contributed by atoms with E-state index in [4.69, 9.17) is 0 Å². The van der Waals surface area contributed by atoms with Crippen LogP contribution in [0.4, 0.5) is 4.39 Å². The summed E-state index contributed by atoms with van der Waals surface area (Å²) in [6.07, 6.45) is 3.37. The average Bonchev–Trinajstić information content (AvgIpc) is 2.62. The molecule has 1 aliphatic heterocycles. The highest BCUT2D eigenvalue weighted by Gasteiger charge is 2.25. The fraction of sp³-hybridized carbons (Fsp3) is 0.333. The topological polar surface area (TPSA) is 54.0 Å². The number of carbonyl (C=O) groups excluding carboxylic acids is 1. The summed E-state index contributed by atoms with van der Waals surface area (Å²) < 4.78 is 13.2. The second-order valence-corrected chi connectivity index (χ2v) is 5.77. The minimum Gasteiger partial charge on any atom is -0.343 e. The number of hydrogen-bond acceptors (Lipinski definition) is 3. The van der Waals surface area contributed by atoms with Gasteiger partial charge in [0.05, 0.1) is 11.7 Å². The number of carbonyl (C=O) groups is 1. The van der Waals surface area contributed by atoms with Gasteiger partial charge in [-0.25, -0.2) is 4.39 Å². The Hall–Kier alpha value is -2.27. The minimum absolute atomic E-state index is 0.0166. The standard InChI is InChI=1S/C18H20FN3O/c19-15-6-4-13(5-7-15)17(16-3-1-2-10-21-16)22-18(23)14-8-11-20-12-9-14/h1-7,10,14,17,20H,8-9,11-12H2,(H,22,23). The predicted octanol–water partition coefficient (Wildman–Crippen LogP) is 2.43. The molecule has 0 spiro atoms. The first kappa shape index (κ1) is 15.6. The molecule has 1 fully saturated rings. The molecule has 23 heavy (non-hydrogen) atoms. The molecule has 1 atom stereocenters. The van der Waals surface area contributed by atoms with Crippen molar-refractivity contribution in [2.45, 2.75) is 18.9 Å². The molecule has 0 saturated carbocycles. The molecule has 1 saturated heterocycles. The summed E-state index contributed by atoms with van der Waals surface area (Å²) in [5, 5.41) is 6.35. The van der Waals surface area contributed by atoms with Gasteiger partial charge in [0.25, 0.3) is 0 Å². The van der Waals surface area contributed by atoms with Gasteiger partial charge in [0.2, 0.25) is 5.91 Å². The summed E-state index contributed by atoms with van der Waals surface area (Å²) >= 11 is 0. The van der Waals surface area contributed by atoms with Crippen molar-refractivity contribution in [3.05, 3.63) is 65.7 Å². The Morgan fingerprint density at radius 2 is 1.91 bits per heavy atom. The smallest absolute Gasteiger partial charge is 0.224 e. The van der Waals surface area contributed by atoms with Gasteiger partial charge < -0.3 is 10.6 Å². The summed E-state index contributed by atoms with van der Waals surface area (Å²) in [5.41, 5.74) is 1.58. The largest absolute Gasteiger partial charge is 0.343 e. The molecule has 0 radical (unpaired) electrons. The van der Waals surface area contributed by atoms with Gasteiger partial charge in [-0.2, -0.15) is 0 Å². The Balaban J connectivity index is 1.83. The first-order chi connectivity index (χ1) is 11.2. The summed E-state index contributed by atoms with van der Waals surface area (Å²) in [7, 11) is 0. The second kappa shape index (κ2) is 7.33. The van der Waals surface area contributed by atoms with Crippen molar-refractivity contribution >= 4 is 5.91 Å². The highest BCUT2D eigenvalue weighted by atomic mass is 19.1. The highest BCUT2D eigenvalue weighted by Crippen LogP contribution is 2.22. The van der Waals surface area contributed by atoms with Gasteiger partial charge >= 0.3 is 0 Å². The zero-order chi connectivity index (χ0) is 16.1. The van der Waals surface area contributed by atoms with Gasteiger partial charge in [-0.05, 0) is 55.8 Å². The molecule has 3 rings (SSSR count). The maximum atomic E-state index is 13.2. The lowest BCUT2D eigenvalue weighted by Crippen LogP contribution is -2.40. The summed E-state index contributed by atoms with van der Waals surface area (Å²) in [4.78, 5) is 16.9. The van der Waals surface area contributed by atoms with Gasteiger partial charge in [0.1, 0.15) is 5.82 Å². The Labute approximate surface area is 135 Å². The molecule has 1 amide bonds. The van der Waals surface area contributed by atoms with Crippen molar-refractivity contribution in [1.29, 1.82) is 0 Å². The SMILES string of the molecule is O=C(NC(c1ccc(F)cc1)c1ccccn1)C1CCNCC1. The van der Waals surface area contributed by atoms with E-state index in [0.717, 1.165) is 37.2 Å². The number of pyridine rings is 1. The van der Waals surface area contributed by atoms with Crippen molar-refractivity contribution in [2.24, 2.45) is 5.92 Å². The predicted molar refractivity (Wildman–Crippen MR) is 86.2 cm³/mol. The number of rotatable bonds is 4. The third kappa shape index (κ3) is 3.93. The van der Waals surface area contributed by atoms with Crippen LogP contribution in [0.5, 0.6) is 0 Å². The fourth-order valence-corrected chi connectivity index (χ4v) is 2.87. The number of hydrogen-bond donors (Lipinski definition) is 2. The number of aromatic nitrogens is 1. The van der Waals surface area contributed by atoms with E-state index in [2.05, 4.69) is 15.6 Å². The average molecular weight is 313 g/mol. The molecule has 2 aromatic rings. The van der Waals surface area contributed by atoms with E-state index < -0.39 is 0 Å². The van der Waals surface area contributed by atoms with Crippen LogP contribution in [0.3, 0.4) is 0 Å². The molecular weight excluding hydrogens is 293 g/mol. The van der Waals surface area contributed by atoms with E-state index in [1.807, 2.05) is 18.2 Å². The number of piperidine rings is 1. The van der Waals surface area contributed by atoms with Crippen molar-refractivity contribution in [1.82, 2.24) is 15.6 Å². The molecule has 5 heteroatoms. The molecule has 1 aromatic heterocycles. The molecule has 4 nitrogen and oxygen atoms in total. The lowest BCUT2D eigenvalue weighted by atomic mass is 9.95. The monoisotopic (exact) mass is 313 g/mol. The lowest BCUT2D eigenvalue weighted by Gasteiger charge is -2.25. The zero-order valence-corrected chi connectivity index (χ0v) is 12.8. The van der Waals surface area contributed by atoms with Crippen LogP contribution in [0.2, 0.25) is 0 Å². The third-order valence-corrected chi connectivity index (χ3v) is 4.18. The van der Waals surface area contributed by atoms with Crippen molar-refractivity contribution in [2.75, 3.05) is 13.1 Å². The van der Waals surface area contributed by atoms with Crippen molar-refractivity contribution < 1.29 is 9.18 Å². The Morgan fingerprint density at radius 3 is 2.57 bits per heavy atom. The van der Waals surface area contributed by atoms with Crippen LogP contribution in [-0.4, -0.2) is 24.0 Å². The third-order valence-electron chi connectivity index (χ3n) is 4.18. The van der Waals surface area contributed by atoms with E-state index in [1.165, 1.54) is 12.1 Å². The number of halogens is 1. The van der Waals surface area contributed by atoms with E-state index in [0.29, 0.717) is 0 Å². The molecule has 2 heterocycles. The van der Waals surface area contributed by atoms with Gasteiger partial charge in [0, 0.05) is 12.1 Å². The lowest BCUT2D eigenvalue weighted by molar-refractivity contribution is -0.126. The zero-order valence-electron chi connectivity index (χ0n) is 12.8. The van der Waals surface area contributed by atoms with Gasteiger partial charge in [-0.3, -0.25) is 9.78 Å². The van der Waals surface area contributed by atoms with E-state index in [9.17, 15) is 9.18 Å². The number of amides is 1. The van der Waals surface area contributed by atoms with E-state index in [-0.39, 0.29) is 23.7 Å². The van der Waals surface area contributed by atoms with Crippen LogP contribution in [0.1, 0.15) is 30.1 Å². The fourth-order valence-electron chi connectivity index (χ4n) is 2.87. The maximum absolute atomic E-state index is 13.2. The van der Waals surface area contributed by atoms with Crippen LogP contribution in [0.15, 0.2) is 48.7 Å². The van der Waals surface area contributed by atoms with E-state index in [1.54, 1.807) is 18.3 Å². The quantitative estimate of drug-likeness (QED) is 0.911. The van der Waals surface area contributed by atoms with Gasteiger partial charge in [-0.15, -0.1) is 0 Å². The first-order valence-electron chi connectivity index (χ1n) is 7.91. The summed E-state index contributed by atoms with van der Waals surface area (Å²) in [5.74, 6) is -0.243. The number of nitrogens with one attached hydrogen (secondary N) is 2. The van der Waals surface area contributed by atoms with Gasteiger partial charge in [0.15, 0.2) is 0 Å². The molecule has 1 aliphatic rings. The minimum atomic E-state index is -0.362. The van der Waals surface area contributed by atoms with E-state index >= 15 is 0 Å². The van der Waals surface area contributed by atoms with Crippen molar-refractivity contribution in [3.8, 4) is 0 Å². The Morgan fingerprint density at radius 1 is 1.17 bits per heavy atom. The second-order valence-electron chi connectivity index (χ2n) is 5.77. The van der Waals surface area contributed by atoms with Crippen LogP contribution in [0.25, 0.3) is 0 Å². The number of benzene rings is 1. The maximum Gasteiger partial charge on any atom is 0.224 e. The summed E-state index contributed by atoms with van der Waals surface area (Å²) in [6.45, 7) is 1.73. The Kier molecular flexibility index (Phi) is 4.98. The summed E-state index contributed by atoms with van der Waals surface area (Å²) in [6, 6.07) is 11.4. The van der Waals surface area contributed by atoms with Crippen LogP contribution >= 0.6 is 0 Å². The molecule has 0 bridgehead atoms. The Bertz CT molecular complexity index is 639. The number of nitrogens with zero attached hydrogens (tertiary/aromatic N) is 1. The molecular formula is C18H20FN3O. The molecule has 2 N–H and O–H groups in total. The normalized spacial score (nSPS) is 16.7. The van der Waals surface area contributed by atoms with Crippen LogP contribution in [-0.2, 0) is 4.79 Å². The molecule has 1 aromatic carbocycles. The van der Waals surface area contributed by atoms with Gasteiger partial charge in [-0.1, -0.05) is 18.2 Å².